The van der Waals surface area contributed by atoms with Crippen molar-refractivity contribution in [2.45, 2.75) is 19.4 Å². The standard InChI is InChI=1S/C18H17N5O3/c1-10-3-4-13(26-10)16-14-15(20-18(19)21-16)12(22(2)17(14)24)9-11-5-7-23(25)8-6-11/h3-8,12H,9H2,1-2H3,(H2-,19,20,21,24,25)/p+1. The van der Waals surface area contributed by atoms with Crippen LogP contribution in [0.15, 0.2) is 41.1 Å². The number of anilines is 1. The number of likely N-dealkylation sites (N-methyl/N-ethyl adjacent to an activating group) is 1. The van der Waals surface area contributed by atoms with E-state index in [2.05, 4.69) is 9.97 Å². The van der Waals surface area contributed by atoms with Crippen molar-refractivity contribution >= 4 is 11.9 Å². The number of rotatable bonds is 3. The number of aromatic nitrogens is 3. The molecule has 1 aliphatic rings. The van der Waals surface area contributed by atoms with Gasteiger partial charge in [-0.2, -0.15) is 0 Å². The first-order chi connectivity index (χ1) is 12.4. The Kier molecular flexibility index (Phi) is 3.61. The quantitative estimate of drug-likeness (QED) is 0.546. The van der Waals surface area contributed by atoms with Gasteiger partial charge in [-0.3, -0.25) is 10.0 Å². The summed E-state index contributed by atoms with van der Waals surface area (Å²) in [6, 6.07) is 6.89. The summed E-state index contributed by atoms with van der Waals surface area (Å²) in [7, 11) is 1.73. The summed E-state index contributed by atoms with van der Waals surface area (Å²) in [6.07, 6.45) is 3.62. The van der Waals surface area contributed by atoms with E-state index < -0.39 is 0 Å². The fourth-order valence-electron chi connectivity index (χ4n) is 3.23. The van der Waals surface area contributed by atoms with Crippen LogP contribution in [0.4, 0.5) is 5.95 Å². The van der Waals surface area contributed by atoms with Gasteiger partial charge in [0.15, 0.2) is 5.76 Å². The first-order valence-corrected chi connectivity index (χ1v) is 8.15. The second-order valence-electron chi connectivity index (χ2n) is 6.32. The van der Waals surface area contributed by atoms with Crippen LogP contribution >= 0.6 is 0 Å². The largest absolute Gasteiger partial charge is 0.460 e. The number of fused-ring (bicyclic) bond motifs is 1. The Bertz CT molecular complexity index is 997. The zero-order chi connectivity index (χ0) is 18.4. The number of nitrogens with two attached hydrogens (primary N) is 1. The van der Waals surface area contributed by atoms with Crippen LogP contribution in [0, 0.1) is 6.92 Å². The fraction of sp³-hybridized carbons (Fsp3) is 0.222. The molecule has 132 valence electrons. The lowest BCUT2D eigenvalue weighted by Crippen LogP contribution is -2.29. The molecule has 0 saturated heterocycles. The number of carbonyl (C=O) groups excluding carboxylic acids is 1. The van der Waals surface area contributed by atoms with Crippen LogP contribution < -0.4 is 10.5 Å². The molecule has 1 atom stereocenters. The molecule has 0 fully saturated rings. The Morgan fingerprint density at radius 2 is 2.00 bits per heavy atom. The molecular weight excluding hydrogens is 334 g/mol. The molecule has 3 aromatic heterocycles. The summed E-state index contributed by atoms with van der Waals surface area (Å²) in [5, 5.41) is 9.37. The highest BCUT2D eigenvalue weighted by Gasteiger charge is 2.39. The van der Waals surface area contributed by atoms with Gasteiger partial charge < -0.3 is 15.1 Å². The second-order valence-corrected chi connectivity index (χ2v) is 6.32. The van der Waals surface area contributed by atoms with E-state index >= 15 is 0 Å². The van der Waals surface area contributed by atoms with E-state index in [1.54, 1.807) is 42.5 Å². The molecule has 4 rings (SSSR count). The van der Waals surface area contributed by atoms with Crippen molar-refractivity contribution in [2.75, 3.05) is 12.8 Å². The lowest BCUT2D eigenvalue weighted by molar-refractivity contribution is -0.904. The number of hydrogen-bond acceptors (Lipinski definition) is 6. The van der Waals surface area contributed by atoms with Gasteiger partial charge in [0.25, 0.3) is 5.91 Å². The molecule has 3 N–H and O–H groups in total. The molecule has 0 aromatic carbocycles. The van der Waals surface area contributed by atoms with Crippen molar-refractivity contribution in [1.29, 1.82) is 0 Å². The zero-order valence-corrected chi connectivity index (χ0v) is 14.4. The van der Waals surface area contributed by atoms with E-state index in [0.29, 0.717) is 29.1 Å². The number of amides is 1. The minimum Gasteiger partial charge on any atom is -0.460 e. The van der Waals surface area contributed by atoms with Crippen molar-refractivity contribution in [3.63, 3.8) is 0 Å². The third kappa shape index (κ3) is 2.55. The van der Waals surface area contributed by atoms with Crippen LogP contribution in [0.5, 0.6) is 0 Å². The Morgan fingerprint density at radius 3 is 2.65 bits per heavy atom. The minimum absolute atomic E-state index is 0.0992. The number of pyridine rings is 1. The maximum atomic E-state index is 12.9. The van der Waals surface area contributed by atoms with Gasteiger partial charge in [-0.25, -0.2) is 9.97 Å². The van der Waals surface area contributed by atoms with Gasteiger partial charge in [0, 0.05) is 23.9 Å². The van der Waals surface area contributed by atoms with Crippen LogP contribution in [-0.4, -0.2) is 33.0 Å². The van der Waals surface area contributed by atoms with Gasteiger partial charge in [-0.15, -0.1) is 0 Å². The molecule has 0 aliphatic carbocycles. The third-order valence-corrected chi connectivity index (χ3v) is 4.56. The van der Waals surface area contributed by atoms with E-state index in [-0.39, 0.29) is 17.9 Å². The molecule has 1 aliphatic heterocycles. The molecule has 26 heavy (non-hydrogen) atoms. The third-order valence-electron chi connectivity index (χ3n) is 4.56. The Labute approximate surface area is 149 Å². The lowest BCUT2D eigenvalue weighted by Gasteiger charge is -2.19. The van der Waals surface area contributed by atoms with Crippen molar-refractivity contribution < 1.29 is 19.1 Å². The van der Waals surface area contributed by atoms with Gasteiger partial charge >= 0.3 is 0 Å². The molecule has 1 unspecified atom stereocenters. The first kappa shape index (κ1) is 16.1. The van der Waals surface area contributed by atoms with E-state index in [4.69, 9.17) is 10.2 Å². The molecule has 0 bridgehead atoms. The molecular formula is C18H18N5O3+. The number of hydrogen-bond donors (Lipinski definition) is 2. The normalized spacial score (nSPS) is 16.2. The Hall–Kier alpha value is -3.42. The van der Waals surface area contributed by atoms with Crippen molar-refractivity contribution in [2.24, 2.45) is 0 Å². The molecule has 8 nitrogen and oxygen atoms in total. The van der Waals surface area contributed by atoms with Gasteiger partial charge in [0.1, 0.15) is 11.5 Å². The fourth-order valence-corrected chi connectivity index (χ4v) is 3.23. The SMILES string of the molecule is Cc1ccc(-c2nc(N)nc3c2C(=O)N(C)C3Cc2cc[n+](O)cc2)o1. The number of aryl methyl sites for hydroxylation is 1. The monoisotopic (exact) mass is 352 g/mol. The van der Waals surface area contributed by atoms with Gasteiger partial charge in [0.2, 0.25) is 18.3 Å². The van der Waals surface area contributed by atoms with E-state index in [9.17, 15) is 10.0 Å². The van der Waals surface area contributed by atoms with Crippen LogP contribution in [0.2, 0.25) is 0 Å². The summed E-state index contributed by atoms with van der Waals surface area (Å²) in [5.41, 5.74) is 8.31. The molecule has 0 spiro atoms. The summed E-state index contributed by atoms with van der Waals surface area (Å²) >= 11 is 0. The molecule has 0 radical (unpaired) electrons. The van der Waals surface area contributed by atoms with Crippen LogP contribution in [0.25, 0.3) is 11.5 Å². The topological polar surface area (TPSA) is 109 Å². The number of nitrogen functional groups attached to an aromatic ring is 1. The van der Waals surface area contributed by atoms with E-state index in [1.807, 2.05) is 13.0 Å². The predicted octanol–water partition coefficient (Wildman–Crippen LogP) is 1.52. The zero-order valence-electron chi connectivity index (χ0n) is 14.4. The number of nitrogens with zero attached hydrogens (tertiary/aromatic N) is 4. The lowest BCUT2D eigenvalue weighted by atomic mass is 10.0. The van der Waals surface area contributed by atoms with Crippen LogP contribution in [0.3, 0.4) is 0 Å². The van der Waals surface area contributed by atoms with Gasteiger partial charge in [-0.05, 0) is 31.0 Å². The molecule has 3 aromatic rings. The Balaban J connectivity index is 1.81. The molecule has 1 amide bonds. The molecule has 8 heteroatoms. The summed E-state index contributed by atoms with van der Waals surface area (Å²) in [5.74, 6) is 1.16. The predicted molar refractivity (Wildman–Crippen MR) is 91.2 cm³/mol. The van der Waals surface area contributed by atoms with E-state index in [0.717, 1.165) is 16.1 Å². The highest BCUT2D eigenvalue weighted by Crippen LogP contribution is 2.38. The maximum absolute atomic E-state index is 12.9. The number of furan rings is 1. The summed E-state index contributed by atoms with van der Waals surface area (Å²) in [4.78, 5) is 23.1. The average molecular weight is 352 g/mol. The minimum atomic E-state index is -0.271. The van der Waals surface area contributed by atoms with Crippen molar-refractivity contribution in [1.82, 2.24) is 14.9 Å². The summed E-state index contributed by atoms with van der Waals surface area (Å²) < 4.78 is 6.62. The highest BCUT2D eigenvalue weighted by atomic mass is 16.5. The summed E-state index contributed by atoms with van der Waals surface area (Å²) in [6.45, 7) is 1.83. The second kappa shape index (κ2) is 5.83. The first-order valence-electron chi connectivity index (χ1n) is 8.15. The van der Waals surface area contributed by atoms with Crippen LogP contribution in [0.1, 0.15) is 33.4 Å². The average Bonchev–Trinajstić information content (AvgIpc) is 3.14. The smallest absolute Gasteiger partial charge is 0.258 e. The van der Waals surface area contributed by atoms with Gasteiger partial charge in [-0.1, -0.05) is 0 Å². The van der Waals surface area contributed by atoms with E-state index in [1.165, 1.54) is 0 Å². The van der Waals surface area contributed by atoms with Crippen molar-refractivity contribution in [3.05, 3.63) is 59.2 Å². The molecule has 0 saturated carbocycles. The van der Waals surface area contributed by atoms with Gasteiger partial charge in [0.05, 0.1) is 17.3 Å². The maximum Gasteiger partial charge on any atom is 0.258 e. The Morgan fingerprint density at radius 1 is 1.27 bits per heavy atom. The molecule has 4 heterocycles. The highest BCUT2D eigenvalue weighted by molar-refractivity contribution is 6.03. The van der Waals surface area contributed by atoms with Crippen LogP contribution in [-0.2, 0) is 6.42 Å². The number of carbonyl (C=O) groups is 1. The van der Waals surface area contributed by atoms with Crippen molar-refractivity contribution in [3.8, 4) is 11.5 Å².